The molecule has 0 aromatic carbocycles. The van der Waals surface area contributed by atoms with Crippen molar-refractivity contribution in [1.82, 2.24) is 9.88 Å². The van der Waals surface area contributed by atoms with Gasteiger partial charge in [0.15, 0.2) is 0 Å². The number of aromatic nitrogens is 1. The van der Waals surface area contributed by atoms with Gasteiger partial charge in [0.1, 0.15) is 6.20 Å². The summed E-state index contributed by atoms with van der Waals surface area (Å²) in [5.41, 5.74) is 0. The first-order valence-corrected chi connectivity index (χ1v) is 8.11. The van der Waals surface area contributed by atoms with Crippen LogP contribution >= 0.6 is 23.7 Å². The number of hydrogen-bond acceptors (Lipinski definition) is 7. The monoisotopic (exact) mass is 366 g/mol. The third kappa shape index (κ3) is 6.67. The van der Waals surface area contributed by atoms with Gasteiger partial charge in [-0.15, -0.1) is 12.4 Å². The highest BCUT2D eigenvalue weighted by atomic mass is 35.5. The topological polar surface area (TPSA) is 88.8 Å². The molecule has 0 saturated carbocycles. The Morgan fingerprint density at radius 1 is 1.35 bits per heavy atom. The Morgan fingerprint density at radius 3 is 2.48 bits per heavy atom. The van der Waals surface area contributed by atoms with Crippen molar-refractivity contribution >= 4 is 40.0 Å². The first-order chi connectivity index (χ1) is 10.5. The van der Waals surface area contributed by atoms with Crippen LogP contribution in [-0.4, -0.2) is 53.7 Å². The van der Waals surface area contributed by atoms with E-state index in [4.69, 9.17) is 4.74 Å². The Kier molecular flexibility index (Phi) is 10.4. The van der Waals surface area contributed by atoms with Gasteiger partial charge in [-0.3, -0.25) is 15.0 Å². The minimum absolute atomic E-state index is 0. The van der Waals surface area contributed by atoms with Crippen molar-refractivity contribution in [1.29, 1.82) is 0 Å². The lowest BCUT2D eigenvalue weighted by atomic mass is 10.3. The number of amides is 1. The van der Waals surface area contributed by atoms with Crippen LogP contribution in [0.15, 0.2) is 6.20 Å². The van der Waals surface area contributed by atoms with Crippen molar-refractivity contribution in [2.24, 2.45) is 0 Å². The van der Waals surface area contributed by atoms with E-state index in [1.54, 1.807) is 6.92 Å². The smallest absolute Gasteiger partial charge is 0.416 e. The highest BCUT2D eigenvalue weighted by Crippen LogP contribution is 2.28. The van der Waals surface area contributed by atoms with Gasteiger partial charge in [0, 0.05) is 6.54 Å². The Morgan fingerprint density at radius 2 is 2.00 bits per heavy atom. The predicted octanol–water partition coefficient (Wildman–Crippen LogP) is 3.17. The van der Waals surface area contributed by atoms with Crippen molar-refractivity contribution < 1.29 is 14.5 Å². The summed E-state index contributed by atoms with van der Waals surface area (Å²) in [7, 11) is 0. The highest BCUT2D eigenvalue weighted by molar-refractivity contribution is 7.18. The second kappa shape index (κ2) is 11.1. The zero-order chi connectivity index (χ0) is 16.5. The lowest BCUT2D eigenvalue weighted by Gasteiger charge is -2.22. The van der Waals surface area contributed by atoms with E-state index in [0.29, 0.717) is 11.7 Å². The molecule has 1 aromatic heterocycles. The summed E-state index contributed by atoms with van der Waals surface area (Å²) in [5, 5.41) is 11.0. The quantitative estimate of drug-likeness (QED) is 0.492. The zero-order valence-electron chi connectivity index (χ0n) is 13.6. The minimum atomic E-state index is -0.522. The van der Waals surface area contributed by atoms with Crippen LogP contribution in [0.5, 0.6) is 0 Å². The summed E-state index contributed by atoms with van der Waals surface area (Å²) in [6.07, 6.45) is 1.39. The molecule has 0 unspecified atom stereocenters. The third-order valence-corrected chi connectivity index (χ3v) is 4.10. The molecule has 0 N–H and O–H groups in total. The molecule has 1 aromatic rings. The minimum Gasteiger partial charge on any atom is -0.449 e. The van der Waals surface area contributed by atoms with Gasteiger partial charge >= 0.3 is 11.1 Å². The Hall–Kier alpha value is -1.45. The number of rotatable bonds is 9. The van der Waals surface area contributed by atoms with Crippen molar-refractivity contribution in [3.8, 4) is 0 Å². The van der Waals surface area contributed by atoms with Crippen LogP contribution in [0, 0.1) is 10.1 Å². The first kappa shape index (κ1) is 21.6. The first-order valence-electron chi connectivity index (χ1n) is 7.30. The largest absolute Gasteiger partial charge is 0.449 e. The molecule has 0 atom stereocenters. The molecule has 0 spiro atoms. The van der Waals surface area contributed by atoms with Crippen molar-refractivity contribution in [3.05, 3.63) is 16.3 Å². The number of ether oxygens (including phenoxy) is 1. The number of hydrogen-bond donors (Lipinski definition) is 0. The molecule has 1 heterocycles. The molecule has 0 fully saturated rings. The number of nitrogens with zero attached hydrogens (tertiary/aromatic N) is 4. The van der Waals surface area contributed by atoms with Crippen LogP contribution in [0.1, 0.15) is 27.2 Å². The van der Waals surface area contributed by atoms with Crippen molar-refractivity contribution in [2.75, 3.05) is 37.7 Å². The van der Waals surface area contributed by atoms with E-state index in [2.05, 4.69) is 23.7 Å². The van der Waals surface area contributed by atoms with E-state index in [0.717, 1.165) is 43.6 Å². The van der Waals surface area contributed by atoms with Gasteiger partial charge in [0.2, 0.25) is 5.13 Å². The fourth-order valence-electron chi connectivity index (χ4n) is 1.92. The summed E-state index contributed by atoms with van der Waals surface area (Å²) in [6, 6.07) is 0. The number of carbonyl (C=O) groups excluding carboxylic acids is 1. The van der Waals surface area contributed by atoms with E-state index in [9.17, 15) is 14.9 Å². The van der Waals surface area contributed by atoms with E-state index >= 15 is 0 Å². The Labute approximate surface area is 146 Å². The summed E-state index contributed by atoms with van der Waals surface area (Å²) < 4.78 is 5.01. The number of thiazole rings is 1. The van der Waals surface area contributed by atoms with Gasteiger partial charge in [-0.05, 0) is 44.3 Å². The van der Waals surface area contributed by atoms with Gasteiger partial charge in [-0.25, -0.2) is 9.78 Å². The Bertz CT molecular complexity index is 496. The predicted molar refractivity (Wildman–Crippen MR) is 92.8 cm³/mol. The van der Waals surface area contributed by atoms with Crippen molar-refractivity contribution in [2.45, 2.75) is 27.2 Å². The van der Waals surface area contributed by atoms with Crippen LogP contribution in [0.2, 0.25) is 0 Å². The van der Waals surface area contributed by atoms with Crippen LogP contribution in [-0.2, 0) is 4.74 Å². The molecule has 10 heteroatoms. The average molecular weight is 367 g/mol. The molecule has 132 valence electrons. The fourth-order valence-corrected chi connectivity index (χ4v) is 2.67. The molecule has 0 bridgehead atoms. The number of halogens is 1. The summed E-state index contributed by atoms with van der Waals surface area (Å²) >= 11 is 0.875. The van der Waals surface area contributed by atoms with Gasteiger partial charge in [-0.1, -0.05) is 13.8 Å². The maximum absolute atomic E-state index is 12.0. The molecule has 0 aliphatic heterocycles. The normalized spacial score (nSPS) is 10.3. The molecule has 0 radical (unpaired) electrons. The van der Waals surface area contributed by atoms with E-state index in [1.165, 1.54) is 4.90 Å². The lowest BCUT2D eigenvalue weighted by Crippen LogP contribution is -2.35. The van der Waals surface area contributed by atoms with Crippen molar-refractivity contribution in [3.63, 3.8) is 0 Å². The second-order valence-electron chi connectivity index (χ2n) is 4.47. The van der Waals surface area contributed by atoms with E-state index in [1.807, 2.05) is 0 Å². The standard InChI is InChI=1S/C13H22N4O4S.ClH/c1-4-15(5-2)8-7-9-16(13(18)21-6-3)12-14-10-11(22-12)17(19)20;/h10H,4-9H2,1-3H3;1H. The Balaban J connectivity index is 0.00000484. The zero-order valence-corrected chi connectivity index (χ0v) is 15.2. The fraction of sp³-hybridized carbons (Fsp3) is 0.692. The van der Waals surface area contributed by atoms with Gasteiger partial charge in [0.05, 0.1) is 11.5 Å². The lowest BCUT2D eigenvalue weighted by molar-refractivity contribution is -0.380. The molecular weight excluding hydrogens is 344 g/mol. The number of carbonyl (C=O) groups is 1. The molecule has 0 aliphatic rings. The van der Waals surface area contributed by atoms with E-state index in [-0.39, 0.29) is 24.0 Å². The maximum atomic E-state index is 12.0. The van der Waals surface area contributed by atoms with Crippen LogP contribution < -0.4 is 4.90 Å². The molecule has 0 aliphatic carbocycles. The third-order valence-electron chi connectivity index (χ3n) is 3.13. The van der Waals surface area contributed by atoms with Gasteiger partial charge in [-0.2, -0.15) is 0 Å². The summed E-state index contributed by atoms with van der Waals surface area (Å²) in [4.78, 5) is 29.8. The van der Waals surface area contributed by atoms with Crippen LogP contribution in [0.4, 0.5) is 14.9 Å². The molecule has 23 heavy (non-hydrogen) atoms. The van der Waals surface area contributed by atoms with Crippen LogP contribution in [0.25, 0.3) is 0 Å². The summed E-state index contributed by atoms with van der Waals surface area (Å²) in [5.74, 6) is 0. The molecule has 0 saturated heterocycles. The SMILES string of the molecule is CCOC(=O)N(CCCN(CC)CC)c1ncc([N+](=O)[O-])s1.Cl. The van der Waals surface area contributed by atoms with E-state index < -0.39 is 11.0 Å². The second-order valence-corrected chi connectivity index (χ2v) is 5.46. The number of anilines is 1. The average Bonchev–Trinajstić information content (AvgIpc) is 2.97. The van der Waals surface area contributed by atoms with Crippen LogP contribution in [0.3, 0.4) is 0 Å². The summed E-state index contributed by atoms with van der Waals surface area (Å²) in [6.45, 7) is 9.27. The molecule has 8 nitrogen and oxygen atoms in total. The molecule has 1 rings (SSSR count). The highest BCUT2D eigenvalue weighted by Gasteiger charge is 2.23. The van der Waals surface area contributed by atoms with Gasteiger partial charge < -0.3 is 9.64 Å². The molecular formula is C13H23ClN4O4S. The van der Waals surface area contributed by atoms with Gasteiger partial charge in [0.25, 0.3) is 0 Å². The number of nitro groups is 1. The molecule has 1 amide bonds. The maximum Gasteiger partial charge on any atom is 0.416 e.